The first kappa shape index (κ1) is 12.1. The van der Waals surface area contributed by atoms with E-state index in [0.29, 0.717) is 29.2 Å². The van der Waals surface area contributed by atoms with Crippen LogP contribution in [0.25, 0.3) is 0 Å². The van der Waals surface area contributed by atoms with E-state index in [1.165, 1.54) is 25.3 Å². The Labute approximate surface area is 118 Å². The van der Waals surface area contributed by atoms with Gasteiger partial charge in [-0.15, -0.1) is 0 Å². The van der Waals surface area contributed by atoms with Gasteiger partial charge in [0.05, 0.1) is 12.7 Å². The van der Waals surface area contributed by atoms with Crippen LogP contribution < -0.4 is 10.1 Å². The summed E-state index contributed by atoms with van der Waals surface area (Å²) in [6.45, 7) is 0. The van der Waals surface area contributed by atoms with Gasteiger partial charge < -0.3 is 15.2 Å². The third-order valence-electron chi connectivity index (χ3n) is 5.48. The molecule has 2 N–H and O–H groups in total. The average molecular weight is 273 g/mol. The largest absolute Gasteiger partial charge is 0.507 e. The van der Waals surface area contributed by atoms with Crippen molar-refractivity contribution in [1.29, 1.82) is 0 Å². The maximum absolute atomic E-state index is 12.3. The number of phenolic OH excluding ortho intramolecular Hbond substituents is 1. The summed E-state index contributed by atoms with van der Waals surface area (Å²) in [6.07, 6.45) is 4.04. The maximum atomic E-state index is 12.3. The van der Waals surface area contributed by atoms with E-state index in [4.69, 9.17) is 4.74 Å². The molecular formula is C16H19NO3. The van der Waals surface area contributed by atoms with Gasteiger partial charge in [-0.25, -0.2) is 0 Å². The summed E-state index contributed by atoms with van der Waals surface area (Å²) >= 11 is 0. The highest BCUT2D eigenvalue weighted by Gasteiger charge is 2.65. The molecule has 0 heterocycles. The molecule has 4 unspecified atom stereocenters. The van der Waals surface area contributed by atoms with Gasteiger partial charge >= 0.3 is 0 Å². The number of nitrogens with one attached hydrogen (secondary N) is 1. The number of hydrogen-bond acceptors (Lipinski definition) is 3. The highest BCUT2D eigenvalue weighted by atomic mass is 16.5. The first-order valence-corrected chi connectivity index (χ1v) is 7.37. The van der Waals surface area contributed by atoms with E-state index < -0.39 is 0 Å². The van der Waals surface area contributed by atoms with Gasteiger partial charge in [-0.3, -0.25) is 4.79 Å². The van der Waals surface area contributed by atoms with Crippen molar-refractivity contribution in [3.63, 3.8) is 0 Å². The summed E-state index contributed by atoms with van der Waals surface area (Å²) in [7, 11) is 1.55. The average Bonchev–Trinajstić information content (AvgIpc) is 2.85. The number of carbonyl (C=O) groups excluding carboxylic acids is 1. The number of fused-ring (bicyclic) bond motifs is 5. The third kappa shape index (κ3) is 1.63. The van der Waals surface area contributed by atoms with Gasteiger partial charge in [0.25, 0.3) is 5.91 Å². The molecular weight excluding hydrogens is 254 g/mol. The Balaban J connectivity index is 1.49. The Morgan fingerprint density at radius 1 is 1.30 bits per heavy atom. The molecule has 0 radical (unpaired) electrons. The van der Waals surface area contributed by atoms with Gasteiger partial charge in [0, 0.05) is 6.04 Å². The summed E-state index contributed by atoms with van der Waals surface area (Å²) in [5, 5.41) is 12.9. The molecule has 3 fully saturated rings. The fourth-order valence-electron chi connectivity index (χ4n) is 4.57. The molecule has 4 nitrogen and oxygen atoms in total. The Morgan fingerprint density at radius 3 is 2.65 bits per heavy atom. The Morgan fingerprint density at radius 2 is 2.00 bits per heavy atom. The van der Waals surface area contributed by atoms with Crippen LogP contribution in [-0.2, 0) is 0 Å². The smallest absolute Gasteiger partial charge is 0.255 e. The van der Waals surface area contributed by atoms with Crippen molar-refractivity contribution >= 4 is 5.91 Å². The van der Waals surface area contributed by atoms with Crippen LogP contribution in [0, 0.1) is 23.7 Å². The molecule has 106 valence electrons. The second kappa shape index (κ2) is 4.14. The van der Waals surface area contributed by atoms with Crippen molar-refractivity contribution in [3.8, 4) is 11.5 Å². The second-order valence-electron chi connectivity index (χ2n) is 6.37. The molecule has 0 saturated heterocycles. The molecule has 2 bridgehead atoms. The second-order valence-corrected chi connectivity index (χ2v) is 6.37. The lowest BCUT2D eigenvalue weighted by molar-refractivity contribution is 0.0941. The van der Waals surface area contributed by atoms with E-state index in [-0.39, 0.29) is 11.7 Å². The SMILES string of the molecule is COc1ccc(O)c(C(=O)NC2C3C4CCC(C4)C23)c1. The monoisotopic (exact) mass is 273 g/mol. The van der Waals surface area contributed by atoms with Crippen LogP contribution >= 0.6 is 0 Å². The van der Waals surface area contributed by atoms with Crippen molar-refractivity contribution in [2.75, 3.05) is 7.11 Å². The van der Waals surface area contributed by atoms with Crippen LogP contribution in [0.1, 0.15) is 29.6 Å². The lowest BCUT2D eigenvalue weighted by Crippen LogP contribution is -2.30. The van der Waals surface area contributed by atoms with E-state index >= 15 is 0 Å². The Bertz CT molecular complexity index is 555. The van der Waals surface area contributed by atoms with E-state index in [1.54, 1.807) is 19.2 Å². The summed E-state index contributed by atoms with van der Waals surface area (Å²) in [5.41, 5.74) is 0.307. The van der Waals surface area contributed by atoms with E-state index in [9.17, 15) is 9.90 Å². The molecule has 3 saturated carbocycles. The van der Waals surface area contributed by atoms with Crippen LogP contribution in [0.4, 0.5) is 0 Å². The molecule has 20 heavy (non-hydrogen) atoms. The van der Waals surface area contributed by atoms with Crippen molar-refractivity contribution in [2.45, 2.75) is 25.3 Å². The number of hydrogen-bond donors (Lipinski definition) is 2. The van der Waals surface area contributed by atoms with Crippen molar-refractivity contribution < 1.29 is 14.6 Å². The first-order chi connectivity index (χ1) is 9.69. The zero-order valence-corrected chi connectivity index (χ0v) is 11.5. The Hall–Kier alpha value is -1.71. The van der Waals surface area contributed by atoms with E-state index in [2.05, 4.69) is 5.32 Å². The summed E-state index contributed by atoms with van der Waals surface area (Å²) in [4.78, 5) is 12.3. The lowest BCUT2D eigenvalue weighted by atomic mass is 10.0. The third-order valence-corrected chi connectivity index (χ3v) is 5.48. The molecule has 1 amide bonds. The summed E-state index contributed by atoms with van der Waals surface area (Å²) in [5.74, 6) is 3.47. The molecule has 0 spiro atoms. The molecule has 1 aromatic rings. The summed E-state index contributed by atoms with van der Waals surface area (Å²) in [6, 6.07) is 5.08. The first-order valence-electron chi connectivity index (χ1n) is 7.37. The minimum absolute atomic E-state index is 0.0112. The van der Waals surface area contributed by atoms with E-state index in [0.717, 1.165) is 11.8 Å². The number of rotatable bonds is 3. The van der Waals surface area contributed by atoms with Gasteiger partial charge in [-0.2, -0.15) is 0 Å². The highest BCUT2D eigenvalue weighted by molar-refractivity contribution is 5.97. The molecule has 1 aromatic carbocycles. The lowest BCUT2D eigenvalue weighted by Gasteiger charge is -2.12. The minimum atomic E-state index is -0.180. The minimum Gasteiger partial charge on any atom is -0.507 e. The number of benzene rings is 1. The quantitative estimate of drug-likeness (QED) is 0.887. The van der Waals surface area contributed by atoms with Crippen LogP contribution in [0.15, 0.2) is 18.2 Å². The van der Waals surface area contributed by atoms with Crippen LogP contribution in [-0.4, -0.2) is 24.2 Å². The maximum Gasteiger partial charge on any atom is 0.255 e. The molecule has 0 aromatic heterocycles. The Kier molecular flexibility index (Phi) is 2.50. The molecule has 0 aliphatic heterocycles. The van der Waals surface area contributed by atoms with Gasteiger partial charge in [0.2, 0.25) is 0 Å². The van der Waals surface area contributed by atoms with Gasteiger partial charge in [-0.1, -0.05) is 0 Å². The number of ether oxygens (including phenoxy) is 1. The van der Waals surface area contributed by atoms with Crippen LogP contribution in [0.5, 0.6) is 11.5 Å². The molecule has 3 aliphatic carbocycles. The predicted octanol–water partition coefficient (Wildman–Crippen LogP) is 2.18. The van der Waals surface area contributed by atoms with Crippen molar-refractivity contribution in [2.24, 2.45) is 23.7 Å². The molecule has 4 rings (SSSR count). The predicted molar refractivity (Wildman–Crippen MR) is 73.7 cm³/mol. The van der Waals surface area contributed by atoms with Gasteiger partial charge in [-0.05, 0) is 61.1 Å². The topological polar surface area (TPSA) is 58.6 Å². The molecule has 4 atom stereocenters. The fourth-order valence-corrected chi connectivity index (χ4v) is 4.57. The zero-order valence-electron chi connectivity index (χ0n) is 11.5. The number of amides is 1. The molecule has 3 aliphatic rings. The van der Waals surface area contributed by atoms with Crippen LogP contribution in [0.2, 0.25) is 0 Å². The van der Waals surface area contributed by atoms with Crippen molar-refractivity contribution in [3.05, 3.63) is 23.8 Å². The van der Waals surface area contributed by atoms with E-state index in [1.807, 2.05) is 0 Å². The highest BCUT2D eigenvalue weighted by Crippen LogP contribution is 2.65. The van der Waals surface area contributed by atoms with Gasteiger partial charge in [0.1, 0.15) is 11.5 Å². The summed E-state index contributed by atoms with van der Waals surface area (Å²) < 4.78 is 5.11. The van der Waals surface area contributed by atoms with Crippen LogP contribution in [0.3, 0.4) is 0 Å². The zero-order chi connectivity index (χ0) is 13.9. The number of aromatic hydroxyl groups is 1. The standard InChI is InChI=1S/C16H19NO3/c1-20-10-4-5-12(18)11(7-10)16(19)17-15-13-8-2-3-9(6-8)14(13)15/h4-5,7-9,13-15,18H,2-3,6H2,1H3,(H,17,19). The number of methoxy groups -OCH3 is 1. The number of phenols is 1. The van der Waals surface area contributed by atoms with Gasteiger partial charge in [0.15, 0.2) is 0 Å². The number of carbonyl (C=O) groups is 1. The normalized spacial score (nSPS) is 36.5. The van der Waals surface area contributed by atoms with Crippen molar-refractivity contribution in [1.82, 2.24) is 5.32 Å². The fraction of sp³-hybridized carbons (Fsp3) is 0.562. The molecule has 4 heteroatoms.